The van der Waals surface area contributed by atoms with Crippen LogP contribution in [0.1, 0.15) is 132 Å². The SMILES string of the molecule is [2H]C([2H])([2H])O[C@H]1C[C@@H]2CC([2H])([2H])[C@@H](C)[C@@](O)(O2)C(=O)C(=O)N2CCCC[C@H]2C(=O)O[C@H]([C@H](C)C[C@@H]2CC[C@@H](OCCO)[C@H](OC)C2)CC(=O)[C@H](C)/C=C(\C)[C@@H](O)[C@@H](OC)C(=C)[C@H](C)C[C@H](C)/C=C/C=CC=C1C. The van der Waals surface area contributed by atoms with Crippen molar-refractivity contribution in [2.75, 3.05) is 41.0 Å². The average molecular weight is 961 g/mol. The summed E-state index contributed by atoms with van der Waals surface area (Å²) in [5.41, 5.74) is 1.59. The number of piperidine rings is 1. The molecular weight excluding hydrogens is 871 g/mol. The van der Waals surface area contributed by atoms with E-state index in [9.17, 15) is 34.5 Å². The second kappa shape index (κ2) is 27.3. The van der Waals surface area contributed by atoms with Crippen molar-refractivity contribution in [1.82, 2.24) is 4.90 Å². The van der Waals surface area contributed by atoms with E-state index in [1.165, 1.54) is 14.0 Å². The molecule has 1 amide bonds. The van der Waals surface area contributed by atoms with Gasteiger partial charge in [0.15, 0.2) is 0 Å². The molecule has 15 atom stereocenters. The molecule has 14 nitrogen and oxygen atoms in total. The van der Waals surface area contributed by atoms with Gasteiger partial charge in [-0.3, -0.25) is 14.4 Å². The van der Waals surface area contributed by atoms with Gasteiger partial charge in [0.2, 0.25) is 5.79 Å². The normalized spacial score (nSPS) is 39.9. The van der Waals surface area contributed by atoms with Crippen molar-refractivity contribution in [1.29, 1.82) is 0 Å². The molecule has 0 aromatic heterocycles. The third-order valence-corrected chi connectivity index (χ3v) is 14.6. The van der Waals surface area contributed by atoms with E-state index in [0.29, 0.717) is 55.2 Å². The van der Waals surface area contributed by atoms with E-state index in [4.69, 9.17) is 35.3 Å². The van der Waals surface area contributed by atoms with Gasteiger partial charge in [-0.05, 0) is 118 Å². The minimum atomic E-state index is -3.02. The smallest absolute Gasteiger partial charge is 0.329 e. The molecule has 68 heavy (non-hydrogen) atoms. The van der Waals surface area contributed by atoms with Crippen LogP contribution < -0.4 is 0 Å². The first-order valence-electron chi connectivity index (χ1n) is 27.2. The highest BCUT2D eigenvalue weighted by molar-refractivity contribution is 6.39. The number of cyclic esters (lactones) is 1. The number of nitrogens with zero attached hydrogens (tertiary/aromatic N) is 1. The van der Waals surface area contributed by atoms with E-state index in [-0.39, 0.29) is 81.2 Å². The van der Waals surface area contributed by atoms with Crippen LogP contribution in [0.5, 0.6) is 0 Å². The highest BCUT2D eigenvalue weighted by atomic mass is 16.6. The number of esters is 1. The molecule has 0 radical (unpaired) electrons. The Labute approximate surface area is 413 Å². The Bertz CT molecular complexity index is 2010. The van der Waals surface area contributed by atoms with Crippen LogP contribution in [0, 0.1) is 35.5 Å². The summed E-state index contributed by atoms with van der Waals surface area (Å²) >= 11 is 0. The number of ketones is 2. The third kappa shape index (κ3) is 15.3. The Morgan fingerprint density at radius 2 is 1.71 bits per heavy atom. The predicted molar refractivity (Wildman–Crippen MR) is 260 cm³/mol. The summed E-state index contributed by atoms with van der Waals surface area (Å²) < 4.78 is 76.8. The summed E-state index contributed by atoms with van der Waals surface area (Å²) in [6, 6.07) is -1.30. The van der Waals surface area contributed by atoms with Gasteiger partial charge in [-0.2, -0.15) is 0 Å². The molecule has 3 fully saturated rings. The van der Waals surface area contributed by atoms with Crippen molar-refractivity contribution in [3.63, 3.8) is 0 Å². The molecule has 1 saturated carbocycles. The zero-order valence-corrected chi connectivity index (χ0v) is 42.0. The molecule has 1 aliphatic carbocycles. The van der Waals surface area contributed by atoms with Crippen LogP contribution in [0.15, 0.2) is 59.8 Å². The maximum absolute atomic E-state index is 14.6. The number of aliphatic hydroxyl groups excluding tert-OH is 2. The molecule has 0 aromatic rings. The summed E-state index contributed by atoms with van der Waals surface area (Å²) in [4.78, 5) is 58.8. The highest BCUT2D eigenvalue weighted by Gasteiger charge is 2.53. The molecule has 3 N–H and O–H groups in total. The number of rotatable bonds is 9. The first kappa shape index (κ1) is 49.6. The summed E-state index contributed by atoms with van der Waals surface area (Å²) in [7, 11) is 0.210. The minimum Gasteiger partial charge on any atom is -0.460 e. The van der Waals surface area contributed by atoms with E-state index in [1.807, 2.05) is 32.9 Å². The van der Waals surface area contributed by atoms with Crippen LogP contribution in [-0.2, 0) is 47.6 Å². The van der Waals surface area contributed by atoms with Gasteiger partial charge in [0, 0.05) is 55.2 Å². The number of carbonyl (C=O) groups is 4. The van der Waals surface area contributed by atoms with Crippen LogP contribution >= 0.6 is 0 Å². The van der Waals surface area contributed by atoms with Crippen LogP contribution in [0.25, 0.3) is 0 Å². The molecule has 0 unspecified atom stereocenters. The van der Waals surface area contributed by atoms with E-state index in [2.05, 4.69) is 6.58 Å². The van der Waals surface area contributed by atoms with Crippen molar-refractivity contribution in [2.24, 2.45) is 35.5 Å². The Kier molecular flexibility index (Phi) is 19.9. The number of carbonyl (C=O) groups excluding carboxylic acids is 4. The Morgan fingerprint density at radius 1 is 0.956 bits per heavy atom. The average Bonchev–Trinajstić information content (AvgIpc) is 3.33. The van der Waals surface area contributed by atoms with Gasteiger partial charge in [-0.1, -0.05) is 77.7 Å². The lowest BCUT2D eigenvalue weighted by atomic mass is 9.78. The second-order valence-electron chi connectivity index (χ2n) is 19.9. The largest absolute Gasteiger partial charge is 0.460 e. The molecule has 2 saturated heterocycles. The molecule has 0 spiro atoms. The predicted octanol–water partition coefficient (Wildman–Crippen LogP) is 7.18. The molecular formula is C54H85NO13. The monoisotopic (exact) mass is 961 g/mol. The first-order chi connectivity index (χ1) is 34.2. The first-order valence-corrected chi connectivity index (χ1v) is 24.7. The number of Topliss-reactive ketones (excluding diaryl/α,β-unsaturated/α-hetero) is 2. The van der Waals surface area contributed by atoms with Crippen molar-refractivity contribution < 1.29 is 69.8 Å². The standard InChI is InChI=1S/C54H85NO13/c1-33-17-13-12-14-18-34(2)46(63-9)31-42-22-20-39(7)54(62,68-42)51(59)52(60)55-24-16-15-19-43(55)53(61)67-47(37(5)29-41-21-23-45(66-26-25-56)48(30-41)64-10)32-44(57)36(4)28-38(6)49(58)50(65-11)40(8)35(3)27-33/h12-14,17-18,28,33,35-37,39,41-43,45-50,56,58,62H,8,15-16,19-27,29-32H2,1-7,9-11H3/b14-12?,17-13+,34-18?,38-28+/t33-,35-,36-,37-,39-,41+,42+,43+,45-,46+,47+,48-,49-,50+,54-/m1/s1/i9D3,20D2. The van der Waals surface area contributed by atoms with Crippen molar-refractivity contribution in [2.45, 2.75) is 180 Å². The molecule has 4 aliphatic rings. The third-order valence-electron chi connectivity index (χ3n) is 14.6. The zero-order valence-electron chi connectivity index (χ0n) is 47.0. The van der Waals surface area contributed by atoms with Crippen LogP contribution in [-0.4, -0.2) is 139 Å². The van der Waals surface area contributed by atoms with Gasteiger partial charge in [0.25, 0.3) is 11.7 Å². The molecule has 14 heteroatoms. The van der Waals surface area contributed by atoms with Gasteiger partial charge >= 0.3 is 5.97 Å². The summed E-state index contributed by atoms with van der Waals surface area (Å²) in [6.07, 6.45) is 5.80. The molecule has 3 heterocycles. The second-order valence-corrected chi connectivity index (χ2v) is 19.9. The van der Waals surface area contributed by atoms with Crippen molar-refractivity contribution in [3.8, 4) is 0 Å². The number of hydrogen-bond donors (Lipinski definition) is 3. The molecule has 384 valence electrons. The number of ether oxygens (including phenoxy) is 6. The summed E-state index contributed by atoms with van der Waals surface area (Å²) in [6.45, 7) is 16.5. The van der Waals surface area contributed by atoms with Gasteiger partial charge < -0.3 is 48.6 Å². The quantitative estimate of drug-likeness (QED) is 0.120. The Hall–Kier alpha value is -3.34. The number of methoxy groups -OCH3 is 3. The number of aliphatic hydroxyl groups is 3. The topological polar surface area (TPSA) is 188 Å². The maximum Gasteiger partial charge on any atom is 0.329 e. The number of fused-ring (bicyclic) bond motifs is 3. The van der Waals surface area contributed by atoms with Crippen LogP contribution in [0.2, 0.25) is 0 Å². The molecule has 2 bridgehead atoms. The fourth-order valence-corrected chi connectivity index (χ4v) is 10.2. The summed E-state index contributed by atoms with van der Waals surface area (Å²) in [5, 5.41) is 33.2. The lowest BCUT2D eigenvalue weighted by Crippen LogP contribution is -2.61. The number of hydrogen-bond acceptors (Lipinski definition) is 13. The van der Waals surface area contributed by atoms with E-state index < -0.39 is 91.2 Å². The summed E-state index contributed by atoms with van der Waals surface area (Å²) in [5.74, 6) is -9.56. The molecule has 3 aliphatic heterocycles. The van der Waals surface area contributed by atoms with Gasteiger partial charge in [-0.25, -0.2) is 4.79 Å². The molecule has 4 rings (SSSR count). The number of amides is 1. The van der Waals surface area contributed by atoms with E-state index in [1.54, 1.807) is 52.2 Å². The number of allylic oxidation sites excluding steroid dienone is 6. The maximum atomic E-state index is 14.6. The zero-order chi connectivity index (χ0) is 54.6. The van der Waals surface area contributed by atoms with Gasteiger partial charge in [-0.15, -0.1) is 0 Å². The van der Waals surface area contributed by atoms with Crippen molar-refractivity contribution in [3.05, 3.63) is 59.8 Å². The van der Waals surface area contributed by atoms with E-state index >= 15 is 0 Å². The minimum absolute atomic E-state index is 0.0507. The fourth-order valence-electron chi connectivity index (χ4n) is 10.2. The van der Waals surface area contributed by atoms with Crippen molar-refractivity contribution >= 4 is 23.4 Å². The Balaban J connectivity index is 1.76. The van der Waals surface area contributed by atoms with Gasteiger partial charge in [0.1, 0.15) is 30.1 Å². The van der Waals surface area contributed by atoms with Gasteiger partial charge in [0.05, 0.1) is 41.7 Å². The van der Waals surface area contributed by atoms with Crippen LogP contribution in [0.4, 0.5) is 0 Å². The molecule has 0 aromatic carbocycles. The lowest BCUT2D eigenvalue weighted by Gasteiger charge is -2.42. The fraction of sp³-hybridized carbons (Fsp3) is 0.741. The van der Waals surface area contributed by atoms with E-state index in [0.717, 1.165) is 11.3 Å². The van der Waals surface area contributed by atoms with Crippen LogP contribution in [0.3, 0.4) is 0 Å². The Morgan fingerprint density at radius 3 is 2.40 bits per heavy atom. The lowest BCUT2D eigenvalue weighted by molar-refractivity contribution is -0.265. The highest BCUT2D eigenvalue weighted by Crippen LogP contribution is 2.38.